The third kappa shape index (κ3) is 2.24. The van der Waals surface area contributed by atoms with E-state index < -0.39 is 0 Å². The van der Waals surface area contributed by atoms with E-state index in [1.165, 1.54) is 0 Å². The van der Waals surface area contributed by atoms with Crippen LogP contribution in [0.1, 0.15) is 5.82 Å². The van der Waals surface area contributed by atoms with Crippen LogP contribution in [0.25, 0.3) is 11.0 Å². The number of fused-ring (bicyclic) bond motifs is 4. The molecule has 22 heavy (non-hydrogen) atoms. The fourth-order valence-electron chi connectivity index (χ4n) is 3.58. The van der Waals surface area contributed by atoms with Gasteiger partial charge in [0.2, 0.25) is 0 Å². The molecule has 2 aliphatic rings. The summed E-state index contributed by atoms with van der Waals surface area (Å²) in [6.45, 7) is 6.57. The Morgan fingerprint density at radius 3 is 2.86 bits per heavy atom. The summed E-state index contributed by atoms with van der Waals surface area (Å²) in [5, 5.41) is 5.39. The van der Waals surface area contributed by atoms with Crippen LogP contribution < -0.4 is 4.90 Å². The predicted molar refractivity (Wildman–Crippen MR) is 84.0 cm³/mol. The Hall–Kier alpha value is -1.73. The van der Waals surface area contributed by atoms with E-state index in [4.69, 9.17) is 9.72 Å². The molecular weight excluding hydrogens is 280 g/mol. The molecule has 2 saturated heterocycles. The molecule has 4 heterocycles. The van der Waals surface area contributed by atoms with Gasteiger partial charge in [-0.25, -0.2) is 9.97 Å². The highest BCUT2D eigenvalue weighted by molar-refractivity contribution is 5.87. The van der Waals surface area contributed by atoms with Crippen molar-refractivity contribution in [3.05, 3.63) is 12.0 Å². The van der Waals surface area contributed by atoms with E-state index in [1.54, 1.807) is 0 Å². The molecule has 0 aromatic carbocycles. The van der Waals surface area contributed by atoms with E-state index >= 15 is 0 Å². The van der Waals surface area contributed by atoms with Gasteiger partial charge in [-0.3, -0.25) is 9.58 Å². The van der Waals surface area contributed by atoms with E-state index in [1.807, 2.05) is 24.9 Å². The standard InChI is InChI=1S/C15H22N6O/c1-10-17-14-13(4-16-20(14)3)15(18-10)21-6-11-5-19(2)12(7-21)9-22-8-11/h4,11-12H,5-9H2,1-3H3/t11-,12+/m1/s1. The lowest BCUT2D eigenvalue weighted by Gasteiger charge is -2.30. The van der Waals surface area contributed by atoms with Gasteiger partial charge in [0.05, 0.1) is 30.8 Å². The maximum atomic E-state index is 5.81. The van der Waals surface area contributed by atoms with E-state index in [9.17, 15) is 0 Å². The minimum Gasteiger partial charge on any atom is -0.379 e. The molecule has 2 fully saturated rings. The number of hydrogen-bond acceptors (Lipinski definition) is 6. The van der Waals surface area contributed by atoms with Gasteiger partial charge in [0, 0.05) is 32.6 Å². The van der Waals surface area contributed by atoms with Gasteiger partial charge in [0.25, 0.3) is 0 Å². The van der Waals surface area contributed by atoms with Crippen molar-refractivity contribution >= 4 is 16.9 Å². The van der Waals surface area contributed by atoms with E-state index in [2.05, 4.69) is 26.9 Å². The van der Waals surface area contributed by atoms with Crippen molar-refractivity contribution in [3.63, 3.8) is 0 Å². The van der Waals surface area contributed by atoms with Gasteiger partial charge in [0.1, 0.15) is 11.6 Å². The summed E-state index contributed by atoms with van der Waals surface area (Å²) in [5.41, 5.74) is 0.904. The third-order valence-electron chi connectivity index (χ3n) is 4.73. The van der Waals surface area contributed by atoms with Gasteiger partial charge in [-0.15, -0.1) is 0 Å². The third-order valence-corrected chi connectivity index (χ3v) is 4.73. The first-order chi connectivity index (χ1) is 10.6. The van der Waals surface area contributed by atoms with Crippen LogP contribution in [0.5, 0.6) is 0 Å². The van der Waals surface area contributed by atoms with Crippen LogP contribution in [0, 0.1) is 12.8 Å². The Labute approximate surface area is 129 Å². The Kier molecular flexibility index (Phi) is 3.27. The van der Waals surface area contributed by atoms with Crippen LogP contribution in [0.3, 0.4) is 0 Å². The molecule has 2 aliphatic heterocycles. The molecule has 4 rings (SSSR count). The second-order valence-electron chi connectivity index (χ2n) is 6.50. The predicted octanol–water partition coefficient (Wildman–Crippen LogP) is 0.439. The monoisotopic (exact) mass is 302 g/mol. The van der Waals surface area contributed by atoms with Crippen molar-refractivity contribution in [2.24, 2.45) is 13.0 Å². The largest absolute Gasteiger partial charge is 0.379 e. The van der Waals surface area contributed by atoms with Crippen molar-refractivity contribution in [2.75, 3.05) is 44.8 Å². The zero-order chi connectivity index (χ0) is 15.3. The van der Waals surface area contributed by atoms with Gasteiger partial charge >= 0.3 is 0 Å². The van der Waals surface area contributed by atoms with Crippen molar-refractivity contribution in [2.45, 2.75) is 13.0 Å². The number of nitrogens with zero attached hydrogens (tertiary/aromatic N) is 6. The summed E-state index contributed by atoms with van der Waals surface area (Å²) in [6, 6.07) is 0.412. The summed E-state index contributed by atoms with van der Waals surface area (Å²) < 4.78 is 7.63. The molecule has 7 nitrogen and oxygen atoms in total. The van der Waals surface area contributed by atoms with Crippen LogP contribution in [-0.2, 0) is 11.8 Å². The van der Waals surface area contributed by atoms with Crippen molar-refractivity contribution in [3.8, 4) is 0 Å². The molecule has 0 amide bonds. The number of aryl methyl sites for hydroxylation is 2. The topological polar surface area (TPSA) is 59.3 Å². The van der Waals surface area contributed by atoms with E-state index in [0.717, 1.165) is 55.5 Å². The number of ether oxygens (including phenoxy) is 1. The maximum Gasteiger partial charge on any atom is 0.163 e. The fraction of sp³-hybridized carbons (Fsp3) is 0.667. The Bertz CT molecular complexity index is 699. The van der Waals surface area contributed by atoms with Crippen LogP contribution in [0.4, 0.5) is 5.82 Å². The first-order valence-corrected chi connectivity index (χ1v) is 7.81. The summed E-state index contributed by atoms with van der Waals surface area (Å²) in [7, 11) is 4.12. The minimum atomic E-state index is 0.412. The summed E-state index contributed by atoms with van der Waals surface area (Å²) in [4.78, 5) is 14.1. The average Bonchev–Trinajstić information content (AvgIpc) is 2.64. The van der Waals surface area contributed by atoms with Crippen LogP contribution in [0.15, 0.2) is 6.20 Å². The quantitative estimate of drug-likeness (QED) is 0.762. The van der Waals surface area contributed by atoms with E-state index in [-0.39, 0.29) is 0 Å². The Morgan fingerprint density at radius 1 is 1.14 bits per heavy atom. The minimum absolute atomic E-state index is 0.412. The molecule has 0 N–H and O–H groups in total. The van der Waals surface area contributed by atoms with Crippen LogP contribution in [0.2, 0.25) is 0 Å². The normalized spacial score (nSPS) is 26.4. The van der Waals surface area contributed by atoms with Crippen LogP contribution in [-0.4, -0.2) is 70.6 Å². The number of likely N-dealkylation sites (N-methyl/N-ethyl adjacent to an activating group) is 1. The number of hydrogen-bond donors (Lipinski definition) is 0. The fourth-order valence-corrected chi connectivity index (χ4v) is 3.58. The van der Waals surface area contributed by atoms with Gasteiger partial charge in [-0.2, -0.15) is 5.10 Å². The molecule has 2 aromatic rings. The van der Waals surface area contributed by atoms with Gasteiger partial charge in [-0.1, -0.05) is 0 Å². The Balaban J connectivity index is 1.78. The second kappa shape index (κ2) is 5.17. The molecule has 2 atom stereocenters. The second-order valence-corrected chi connectivity index (χ2v) is 6.50. The smallest absolute Gasteiger partial charge is 0.163 e. The zero-order valence-corrected chi connectivity index (χ0v) is 13.4. The highest BCUT2D eigenvalue weighted by Gasteiger charge is 2.32. The van der Waals surface area contributed by atoms with Gasteiger partial charge < -0.3 is 9.64 Å². The summed E-state index contributed by atoms with van der Waals surface area (Å²) in [5.74, 6) is 2.33. The molecule has 0 aliphatic carbocycles. The SMILES string of the molecule is Cc1nc(N2C[C@@H]3COC[C@H](C2)N(C)C3)c2cnn(C)c2n1. The molecule has 0 unspecified atom stereocenters. The molecule has 2 bridgehead atoms. The molecule has 0 saturated carbocycles. The molecule has 7 heteroatoms. The highest BCUT2D eigenvalue weighted by Crippen LogP contribution is 2.27. The first kappa shape index (κ1) is 13.9. The molecular formula is C15H22N6O. The summed E-state index contributed by atoms with van der Waals surface area (Å²) in [6.07, 6.45) is 1.88. The molecule has 0 radical (unpaired) electrons. The van der Waals surface area contributed by atoms with Crippen molar-refractivity contribution < 1.29 is 4.74 Å². The lowest BCUT2D eigenvalue weighted by atomic mass is 10.1. The Morgan fingerprint density at radius 2 is 2.00 bits per heavy atom. The lowest BCUT2D eigenvalue weighted by Crippen LogP contribution is -2.42. The van der Waals surface area contributed by atoms with E-state index in [0.29, 0.717) is 12.0 Å². The highest BCUT2D eigenvalue weighted by atomic mass is 16.5. The van der Waals surface area contributed by atoms with Crippen molar-refractivity contribution in [1.82, 2.24) is 24.6 Å². The first-order valence-electron chi connectivity index (χ1n) is 7.81. The molecule has 0 spiro atoms. The van der Waals surface area contributed by atoms with Gasteiger partial charge in [-0.05, 0) is 14.0 Å². The number of anilines is 1. The average molecular weight is 302 g/mol. The molecule has 2 aromatic heterocycles. The number of rotatable bonds is 1. The lowest BCUT2D eigenvalue weighted by molar-refractivity contribution is 0.0930. The summed E-state index contributed by atoms with van der Waals surface area (Å²) >= 11 is 0. The van der Waals surface area contributed by atoms with Crippen LogP contribution >= 0.6 is 0 Å². The number of aromatic nitrogens is 4. The maximum absolute atomic E-state index is 5.81. The van der Waals surface area contributed by atoms with Crippen molar-refractivity contribution in [1.29, 1.82) is 0 Å². The zero-order valence-electron chi connectivity index (χ0n) is 13.4. The molecule has 118 valence electrons. The van der Waals surface area contributed by atoms with Gasteiger partial charge in [0.15, 0.2) is 5.65 Å².